The summed E-state index contributed by atoms with van der Waals surface area (Å²) in [5.41, 5.74) is 0. The van der Waals surface area contributed by atoms with Crippen molar-refractivity contribution in [2.24, 2.45) is 5.92 Å². The van der Waals surface area contributed by atoms with Gasteiger partial charge in [0.15, 0.2) is 0 Å². The average Bonchev–Trinajstić information content (AvgIpc) is 2.32. The molecule has 0 saturated carbocycles. The maximum atomic E-state index is 11.9. The number of aliphatic carboxylic acids is 2. The number of nitrogens with one attached hydrogen (secondary N) is 1. The van der Waals surface area contributed by atoms with Crippen LogP contribution in [0.15, 0.2) is 0 Å². The Labute approximate surface area is 117 Å². The average molecular weight is 285 g/mol. The number of hydrogen-bond donors (Lipinski definition) is 3. The van der Waals surface area contributed by atoms with Crippen molar-refractivity contribution in [3.8, 4) is 6.07 Å². The minimum absolute atomic E-state index is 0.122. The number of carbonyl (C=O) groups is 3. The van der Waals surface area contributed by atoms with E-state index in [9.17, 15) is 14.4 Å². The maximum absolute atomic E-state index is 11.9. The van der Waals surface area contributed by atoms with E-state index in [1.54, 1.807) is 0 Å². The smallest absolute Gasteiger partial charge is 0.326 e. The molecule has 0 fully saturated rings. The SMILES string of the molecule is CC(C)CN(CCC#N)C(=O)NC(CC(=O)O)C(=O)O. The molecule has 0 aromatic carbocycles. The van der Waals surface area contributed by atoms with E-state index in [1.807, 2.05) is 19.9 Å². The highest BCUT2D eigenvalue weighted by Gasteiger charge is 2.25. The topological polar surface area (TPSA) is 131 Å². The lowest BCUT2D eigenvalue weighted by Gasteiger charge is -2.25. The fourth-order valence-electron chi connectivity index (χ4n) is 1.52. The van der Waals surface area contributed by atoms with Crippen LogP contribution >= 0.6 is 0 Å². The van der Waals surface area contributed by atoms with E-state index in [0.29, 0.717) is 6.54 Å². The molecule has 0 saturated heterocycles. The predicted molar refractivity (Wildman–Crippen MR) is 68.8 cm³/mol. The summed E-state index contributed by atoms with van der Waals surface area (Å²) in [5, 5.41) is 28.2. The minimum Gasteiger partial charge on any atom is -0.481 e. The lowest BCUT2D eigenvalue weighted by molar-refractivity contribution is -0.145. The molecule has 8 nitrogen and oxygen atoms in total. The molecule has 112 valence electrons. The van der Waals surface area contributed by atoms with Crippen molar-refractivity contribution in [2.45, 2.75) is 32.7 Å². The van der Waals surface area contributed by atoms with Crippen LogP contribution in [0.2, 0.25) is 0 Å². The largest absolute Gasteiger partial charge is 0.481 e. The molecular formula is C12H19N3O5. The zero-order chi connectivity index (χ0) is 15.7. The van der Waals surface area contributed by atoms with Crippen LogP contribution in [-0.4, -0.2) is 52.2 Å². The Bertz CT molecular complexity index is 402. The molecule has 20 heavy (non-hydrogen) atoms. The molecule has 0 aliphatic heterocycles. The summed E-state index contributed by atoms with van der Waals surface area (Å²) < 4.78 is 0. The Kier molecular flexibility index (Phi) is 7.74. The first-order valence-electron chi connectivity index (χ1n) is 6.14. The van der Waals surface area contributed by atoms with Crippen molar-refractivity contribution in [3.05, 3.63) is 0 Å². The van der Waals surface area contributed by atoms with E-state index >= 15 is 0 Å². The molecule has 0 aliphatic carbocycles. The highest BCUT2D eigenvalue weighted by molar-refractivity contribution is 5.86. The van der Waals surface area contributed by atoms with Gasteiger partial charge in [-0.1, -0.05) is 13.8 Å². The number of hydrogen-bond acceptors (Lipinski definition) is 4. The van der Waals surface area contributed by atoms with Crippen LogP contribution in [0, 0.1) is 17.2 Å². The summed E-state index contributed by atoms with van der Waals surface area (Å²) in [5.74, 6) is -2.59. The second-order valence-electron chi connectivity index (χ2n) is 4.69. The van der Waals surface area contributed by atoms with Crippen molar-refractivity contribution in [1.29, 1.82) is 5.26 Å². The Morgan fingerprint density at radius 3 is 2.30 bits per heavy atom. The van der Waals surface area contributed by atoms with E-state index < -0.39 is 30.4 Å². The number of nitrogens with zero attached hydrogens (tertiary/aromatic N) is 2. The highest BCUT2D eigenvalue weighted by atomic mass is 16.4. The second kappa shape index (κ2) is 8.74. The number of urea groups is 1. The van der Waals surface area contributed by atoms with Gasteiger partial charge in [-0.15, -0.1) is 0 Å². The standard InChI is InChI=1S/C12H19N3O5/c1-8(2)7-15(5-3-4-13)12(20)14-9(11(18)19)6-10(16)17/h8-9H,3,5-7H2,1-2H3,(H,14,20)(H,16,17)(H,18,19). The van der Waals surface area contributed by atoms with Crippen molar-refractivity contribution in [1.82, 2.24) is 10.2 Å². The molecule has 0 bridgehead atoms. The fourth-order valence-corrected chi connectivity index (χ4v) is 1.52. The molecule has 0 aromatic heterocycles. The first-order valence-corrected chi connectivity index (χ1v) is 6.14. The third-order valence-electron chi connectivity index (χ3n) is 2.34. The maximum Gasteiger partial charge on any atom is 0.326 e. The lowest BCUT2D eigenvalue weighted by atomic mass is 10.2. The van der Waals surface area contributed by atoms with Crippen LogP contribution in [0.4, 0.5) is 4.79 Å². The molecule has 0 heterocycles. The number of rotatable bonds is 8. The summed E-state index contributed by atoms with van der Waals surface area (Å²) in [6.45, 7) is 4.27. The van der Waals surface area contributed by atoms with Gasteiger partial charge in [-0.05, 0) is 5.92 Å². The third kappa shape index (κ3) is 7.20. The third-order valence-corrected chi connectivity index (χ3v) is 2.34. The molecular weight excluding hydrogens is 266 g/mol. The quantitative estimate of drug-likeness (QED) is 0.595. The van der Waals surface area contributed by atoms with Crippen molar-refractivity contribution < 1.29 is 24.6 Å². The molecule has 1 unspecified atom stereocenters. The molecule has 2 amide bonds. The zero-order valence-electron chi connectivity index (χ0n) is 11.5. The van der Waals surface area contributed by atoms with Gasteiger partial charge in [0.25, 0.3) is 0 Å². The van der Waals surface area contributed by atoms with Crippen LogP contribution < -0.4 is 5.32 Å². The summed E-state index contributed by atoms with van der Waals surface area (Å²) in [6, 6.07) is -0.265. The first kappa shape index (κ1) is 17.7. The lowest BCUT2D eigenvalue weighted by Crippen LogP contribution is -2.49. The molecule has 0 spiro atoms. The van der Waals surface area contributed by atoms with Gasteiger partial charge in [0, 0.05) is 13.1 Å². The van der Waals surface area contributed by atoms with E-state index in [-0.39, 0.29) is 18.9 Å². The van der Waals surface area contributed by atoms with Crippen molar-refractivity contribution >= 4 is 18.0 Å². The van der Waals surface area contributed by atoms with Crippen LogP contribution in [0.5, 0.6) is 0 Å². The van der Waals surface area contributed by atoms with Crippen LogP contribution in [0.25, 0.3) is 0 Å². The van der Waals surface area contributed by atoms with Gasteiger partial charge in [0.1, 0.15) is 6.04 Å². The zero-order valence-corrected chi connectivity index (χ0v) is 11.5. The van der Waals surface area contributed by atoms with Gasteiger partial charge in [-0.3, -0.25) is 4.79 Å². The first-order chi connectivity index (χ1) is 9.27. The Morgan fingerprint density at radius 2 is 1.90 bits per heavy atom. The monoisotopic (exact) mass is 285 g/mol. The molecule has 0 aliphatic rings. The highest BCUT2D eigenvalue weighted by Crippen LogP contribution is 2.02. The summed E-state index contributed by atoms with van der Waals surface area (Å²) in [7, 11) is 0. The molecule has 0 rings (SSSR count). The van der Waals surface area contributed by atoms with Crippen LogP contribution in [0.1, 0.15) is 26.7 Å². The van der Waals surface area contributed by atoms with Gasteiger partial charge in [-0.25, -0.2) is 9.59 Å². The predicted octanol–water partition coefficient (Wildman–Crippen LogP) is 0.496. The minimum atomic E-state index is -1.49. The number of carboxylic acids is 2. The van der Waals surface area contributed by atoms with E-state index in [1.165, 1.54) is 4.90 Å². The van der Waals surface area contributed by atoms with Gasteiger partial charge < -0.3 is 20.4 Å². The number of carboxylic acid groups (broad SMARTS) is 2. The van der Waals surface area contributed by atoms with E-state index in [2.05, 4.69) is 5.32 Å². The second-order valence-corrected chi connectivity index (χ2v) is 4.69. The molecule has 1 atom stereocenters. The normalized spacial score (nSPS) is 11.5. The van der Waals surface area contributed by atoms with Crippen LogP contribution in [-0.2, 0) is 9.59 Å². The molecule has 3 N–H and O–H groups in total. The van der Waals surface area contributed by atoms with Gasteiger partial charge in [0.2, 0.25) is 0 Å². The van der Waals surface area contributed by atoms with Gasteiger partial charge in [0.05, 0.1) is 18.9 Å². The molecule has 8 heteroatoms. The van der Waals surface area contributed by atoms with Crippen LogP contribution in [0.3, 0.4) is 0 Å². The Balaban J connectivity index is 4.73. The Hall–Kier alpha value is -2.30. The summed E-state index contributed by atoms with van der Waals surface area (Å²) in [6.07, 6.45) is -0.578. The van der Waals surface area contributed by atoms with Gasteiger partial charge in [-0.2, -0.15) is 5.26 Å². The van der Waals surface area contributed by atoms with Gasteiger partial charge >= 0.3 is 18.0 Å². The number of amides is 2. The fraction of sp³-hybridized carbons (Fsp3) is 0.667. The summed E-state index contributed by atoms with van der Waals surface area (Å²) in [4.78, 5) is 34.7. The summed E-state index contributed by atoms with van der Waals surface area (Å²) >= 11 is 0. The Morgan fingerprint density at radius 1 is 1.30 bits per heavy atom. The van der Waals surface area contributed by atoms with Crippen molar-refractivity contribution in [3.63, 3.8) is 0 Å². The van der Waals surface area contributed by atoms with Crippen molar-refractivity contribution in [2.75, 3.05) is 13.1 Å². The van der Waals surface area contributed by atoms with E-state index in [4.69, 9.17) is 15.5 Å². The molecule has 0 aromatic rings. The number of nitriles is 1. The molecule has 0 radical (unpaired) electrons. The number of carbonyl (C=O) groups excluding carboxylic acids is 1. The van der Waals surface area contributed by atoms with E-state index in [0.717, 1.165) is 0 Å².